The minimum atomic E-state index is -0.878. The predicted octanol–water partition coefficient (Wildman–Crippen LogP) is 3.73. The molecule has 2 heteroatoms. The summed E-state index contributed by atoms with van der Waals surface area (Å²) in [4.78, 5) is 10.8. The molecule has 2 aromatic carbocycles. The minimum Gasteiger partial charge on any atom is -0.478 e. The van der Waals surface area contributed by atoms with Gasteiger partial charge < -0.3 is 5.11 Å². The molecule has 0 saturated carbocycles. The fourth-order valence-electron chi connectivity index (χ4n) is 1.41. The normalized spacial score (nSPS) is 9.06. The van der Waals surface area contributed by atoms with Crippen molar-refractivity contribution in [1.29, 1.82) is 0 Å². The maximum absolute atomic E-state index is 10.8. The number of fused-ring (bicyclic) bond motifs is 1. The molecule has 0 saturated heterocycles. The summed E-state index contributed by atoms with van der Waals surface area (Å²) in [5.74, 6) is -0.878. The first kappa shape index (κ1) is 12.0. The summed E-state index contributed by atoms with van der Waals surface area (Å²) in [6, 6.07) is 12.7. The van der Waals surface area contributed by atoms with Crippen LogP contribution in [0.25, 0.3) is 10.8 Å². The highest BCUT2D eigenvalue weighted by Gasteiger charge is 2.05. The Morgan fingerprint density at radius 1 is 1.19 bits per heavy atom. The number of rotatable bonds is 1. The Kier molecular flexibility index (Phi) is 4.28. The van der Waals surface area contributed by atoms with E-state index >= 15 is 0 Å². The van der Waals surface area contributed by atoms with Crippen molar-refractivity contribution in [2.75, 3.05) is 0 Å². The molecule has 16 heavy (non-hydrogen) atoms. The largest absolute Gasteiger partial charge is 0.478 e. The van der Waals surface area contributed by atoms with Crippen molar-refractivity contribution < 1.29 is 9.90 Å². The summed E-state index contributed by atoms with van der Waals surface area (Å²) in [7, 11) is 0. The molecule has 0 unspecified atom stereocenters. The van der Waals surface area contributed by atoms with Gasteiger partial charge in [0.1, 0.15) is 0 Å². The summed E-state index contributed by atoms with van der Waals surface area (Å²) >= 11 is 0. The van der Waals surface area contributed by atoms with Gasteiger partial charge in [-0.1, -0.05) is 42.5 Å². The zero-order chi connectivity index (χ0) is 12.0. The van der Waals surface area contributed by atoms with Crippen LogP contribution < -0.4 is 0 Å². The molecule has 0 bridgehead atoms. The summed E-state index contributed by atoms with van der Waals surface area (Å²) in [5, 5.41) is 10.6. The lowest BCUT2D eigenvalue weighted by atomic mass is 10.1. The zero-order valence-electron chi connectivity index (χ0n) is 9.18. The van der Waals surface area contributed by atoms with Crippen molar-refractivity contribution in [3.63, 3.8) is 0 Å². The highest BCUT2D eigenvalue weighted by atomic mass is 16.4. The second-order valence-corrected chi connectivity index (χ2v) is 3.24. The van der Waals surface area contributed by atoms with Crippen molar-refractivity contribution in [2.45, 2.75) is 6.92 Å². The van der Waals surface area contributed by atoms with Gasteiger partial charge in [-0.2, -0.15) is 0 Å². The molecule has 1 N–H and O–H groups in total. The van der Waals surface area contributed by atoms with E-state index in [1.54, 1.807) is 18.2 Å². The predicted molar refractivity (Wildman–Crippen MR) is 66.8 cm³/mol. The maximum Gasteiger partial charge on any atom is 0.336 e. The molecular weight excluding hydrogens is 200 g/mol. The molecule has 82 valence electrons. The average Bonchev–Trinajstić information content (AvgIpc) is 2.29. The molecule has 0 atom stereocenters. The fourth-order valence-corrected chi connectivity index (χ4v) is 1.41. The Bertz CT molecular complexity index is 496. The van der Waals surface area contributed by atoms with E-state index in [0.717, 1.165) is 10.8 Å². The van der Waals surface area contributed by atoms with Gasteiger partial charge in [-0.05, 0) is 23.8 Å². The topological polar surface area (TPSA) is 37.3 Å². The van der Waals surface area contributed by atoms with E-state index in [-0.39, 0.29) is 0 Å². The van der Waals surface area contributed by atoms with Gasteiger partial charge >= 0.3 is 5.97 Å². The second-order valence-electron chi connectivity index (χ2n) is 3.24. The lowest BCUT2D eigenvalue weighted by Crippen LogP contribution is -1.96. The molecule has 0 aliphatic rings. The number of carboxylic acids is 1. The Labute approximate surface area is 94.8 Å². The van der Waals surface area contributed by atoms with Crippen LogP contribution in [0, 0.1) is 0 Å². The van der Waals surface area contributed by atoms with Crippen molar-refractivity contribution >= 4 is 16.7 Å². The fraction of sp³-hybridized carbons (Fsp3) is 0.0714. The molecule has 0 heterocycles. The monoisotopic (exact) mass is 214 g/mol. The van der Waals surface area contributed by atoms with E-state index in [0.29, 0.717) is 5.56 Å². The number of hydrogen-bond acceptors (Lipinski definition) is 1. The van der Waals surface area contributed by atoms with Gasteiger partial charge in [0.25, 0.3) is 0 Å². The van der Waals surface area contributed by atoms with Crippen LogP contribution in [-0.2, 0) is 0 Å². The lowest BCUT2D eigenvalue weighted by molar-refractivity contribution is 0.0699. The van der Waals surface area contributed by atoms with Gasteiger partial charge in [0.2, 0.25) is 0 Å². The van der Waals surface area contributed by atoms with Gasteiger partial charge in [-0.3, -0.25) is 0 Å². The molecule has 0 fully saturated rings. The Morgan fingerprint density at radius 3 is 2.38 bits per heavy atom. The molecule has 0 amide bonds. The van der Waals surface area contributed by atoms with Gasteiger partial charge in [0, 0.05) is 0 Å². The van der Waals surface area contributed by atoms with Gasteiger partial charge in [-0.25, -0.2) is 4.79 Å². The summed E-state index contributed by atoms with van der Waals surface area (Å²) in [6.07, 6.45) is 1.75. The first-order valence-corrected chi connectivity index (χ1v) is 4.98. The number of hydrogen-bond donors (Lipinski definition) is 1. The van der Waals surface area contributed by atoms with Crippen LogP contribution in [0.2, 0.25) is 0 Å². The van der Waals surface area contributed by atoms with Crippen LogP contribution in [0.3, 0.4) is 0 Å². The summed E-state index contributed by atoms with van der Waals surface area (Å²) in [5.41, 5.74) is 0.359. The molecule has 0 aromatic heterocycles. The van der Waals surface area contributed by atoms with Gasteiger partial charge in [0.15, 0.2) is 0 Å². The van der Waals surface area contributed by atoms with Crippen LogP contribution >= 0.6 is 0 Å². The van der Waals surface area contributed by atoms with E-state index < -0.39 is 5.97 Å². The molecule has 2 nitrogen and oxygen atoms in total. The number of aromatic carboxylic acids is 1. The maximum atomic E-state index is 10.8. The number of allylic oxidation sites excluding steroid dienone is 1. The van der Waals surface area contributed by atoms with Crippen molar-refractivity contribution in [3.8, 4) is 0 Å². The van der Waals surface area contributed by atoms with Crippen LogP contribution in [0.5, 0.6) is 0 Å². The zero-order valence-corrected chi connectivity index (χ0v) is 9.18. The number of carbonyl (C=O) groups is 1. The quantitative estimate of drug-likeness (QED) is 0.734. The highest BCUT2D eigenvalue weighted by molar-refractivity contribution is 6.03. The average molecular weight is 214 g/mol. The molecular formula is C14H14O2. The Hall–Kier alpha value is -2.09. The summed E-state index contributed by atoms with van der Waals surface area (Å²) < 4.78 is 0. The molecule has 0 spiro atoms. The third-order valence-corrected chi connectivity index (χ3v) is 2.02. The number of carboxylic acid groups (broad SMARTS) is 1. The van der Waals surface area contributed by atoms with E-state index in [1.807, 2.05) is 37.3 Å². The summed E-state index contributed by atoms with van der Waals surface area (Å²) in [6.45, 7) is 5.25. The van der Waals surface area contributed by atoms with Crippen LogP contribution in [0.4, 0.5) is 0 Å². The second kappa shape index (κ2) is 5.71. The molecule has 0 radical (unpaired) electrons. The van der Waals surface area contributed by atoms with Gasteiger partial charge in [0.05, 0.1) is 5.56 Å². The van der Waals surface area contributed by atoms with E-state index in [4.69, 9.17) is 5.11 Å². The molecule has 0 aliphatic carbocycles. The smallest absolute Gasteiger partial charge is 0.336 e. The van der Waals surface area contributed by atoms with Crippen LogP contribution in [0.1, 0.15) is 17.3 Å². The third kappa shape index (κ3) is 2.70. The third-order valence-electron chi connectivity index (χ3n) is 2.02. The van der Waals surface area contributed by atoms with Crippen molar-refractivity contribution in [3.05, 3.63) is 60.7 Å². The Morgan fingerprint density at radius 2 is 1.75 bits per heavy atom. The SMILES string of the molecule is C=CC.O=C(O)c1cccc2ccccc12. The molecule has 2 rings (SSSR count). The lowest BCUT2D eigenvalue weighted by Gasteiger charge is -2.00. The highest BCUT2D eigenvalue weighted by Crippen LogP contribution is 2.17. The van der Waals surface area contributed by atoms with E-state index in [9.17, 15) is 4.79 Å². The van der Waals surface area contributed by atoms with Crippen LogP contribution in [-0.4, -0.2) is 11.1 Å². The van der Waals surface area contributed by atoms with Gasteiger partial charge in [-0.15, -0.1) is 6.58 Å². The first-order chi connectivity index (χ1) is 7.70. The van der Waals surface area contributed by atoms with E-state index in [2.05, 4.69) is 6.58 Å². The number of benzene rings is 2. The van der Waals surface area contributed by atoms with Crippen LogP contribution in [0.15, 0.2) is 55.1 Å². The van der Waals surface area contributed by atoms with Crippen molar-refractivity contribution in [1.82, 2.24) is 0 Å². The van der Waals surface area contributed by atoms with Crippen molar-refractivity contribution in [2.24, 2.45) is 0 Å². The minimum absolute atomic E-state index is 0.359. The molecule has 0 aliphatic heterocycles. The molecule has 2 aromatic rings. The Balaban J connectivity index is 0.000000386. The standard InChI is InChI=1S/C11H8O2.C3H6/c12-11(13)10-7-3-5-8-4-1-2-6-9(8)10;1-3-2/h1-7H,(H,12,13);3H,1H2,2H3. The van der Waals surface area contributed by atoms with E-state index in [1.165, 1.54) is 0 Å². The first-order valence-electron chi connectivity index (χ1n) is 4.98.